The van der Waals surface area contributed by atoms with Crippen LogP contribution in [0.1, 0.15) is 24.6 Å². The number of ether oxygens (including phenoxy) is 2. The maximum absolute atomic E-state index is 12.0. The fourth-order valence-electron chi connectivity index (χ4n) is 3.67. The number of thiophene rings is 1. The summed E-state index contributed by atoms with van der Waals surface area (Å²) in [6, 6.07) is 4.22. The van der Waals surface area contributed by atoms with Crippen LogP contribution in [0.3, 0.4) is 0 Å². The van der Waals surface area contributed by atoms with E-state index in [1.807, 2.05) is 6.92 Å². The molecule has 9 heteroatoms. The molecule has 2 aliphatic heterocycles. The third-order valence-corrected chi connectivity index (χ3v) is 6.36. The lowest BCUT2D eigenvalue weighted by atomic mass is 9.90. The van der Waals surface area contributed by atoms with Crippen molar-refractivity contribution in [2.45, 2.75) is 32.0 Å². The third-order valence-electron chi connectivity index (χ3n) is 5.42. The molecule has 0 spiro atoms. The molecule has 3 rings (SSSR count). The Labute approximate surface area is 194 Å². The van der Waals surface area contributed by atoms with E-state index in [-0.39, 0.29) is 42.3 Å². The predicted octanol–water partition coefficient (Wildman–Crippen LogP) is 2.42. The third kappa shape index (κ3) is 6.80. The van der Waals surface area contributed by atoms with Gasteiger partial charge in [-0.25, -0.2) is 4.99 Å². The minimum atomic E-state index is -0.514. The minimum absolute atomic E-state index is 0. The maximum atomic E-state index is 12.0. The van der Waals surface area contributed by atoms with Gasteiger partial charge >= 0.3 is 0 Å². The van der Waals surface area contributed by atoms with Gasteiger partial charge in [-0.3, -0.25) is 4.79 Å². The van der Waals surface area contributed by atoms with Crippen molar-refractivity contribution in [3.8, 4) is 0 Å². The molecule has 1 aromatic heterocycles. The lowest BCUT2D eigenvalue weighted by molar-refractivity contribution is -0.189. The fraction of sp³-hybridized carbons (Fsp3) is 0.700. The molecule has 1 unspecified atom stereocenters. The van der Waals surface area contributed by atoms with Crippen molar-refractivity contribution >= 4 is 47.2 Å². The highest BCUT2D eigenvalue weighted by atomic mass is 127. The monoisotopic (exact) mass is 536 g/mol. The van der Waals surface area contributed by atoms with Gasteiger partial charge in [-0.2, -0.15) is 0 Å². The van der Waals surface area contributed by atoms with Crippen molar-refractivity contribution in [2.24, 2.45) is 10.9 Å². The summed E-state index contributed by atoms with van der Waals surface area (Å²) in [5.41, 5.74) is 0. The Hall–Kier alpha value is -0.910. The molecule has 1 atom stereocenters. The van der Waals surface area contributed by atoms with Crippen LogP contribution in [0.2, 0.25) is 0 Å². The molecule has 2 saturated heterocycles. The van der Waals surface area contributed by atoms with Gasteiger partial charge in [-0.1, -0.05) is 6.07 Å². The quantitative estimate of drug-likeness (QED) is 0.344. The number of carbonyl (C=O) groups excluding carboxylic acids is 1. The summed E-state index contributed by atoms with van der Waals surface area (Å²) < 4.78 is 11.8. The molecule has 164 valence electrons. The first-order chi connectivity index (χ1) is 13.5. The molecule has 1 aromatic rings. The van der Waals surface area contributed by atoms with Gasteiger partial charge in [0, 0.05) is 44.5 Å². The van der Waals surface area contributed by atoms with Crippen molar-refractivity contribution in [3.63, 3.8) is 0 Å². The Balaban J connectivity index is 0.00000300. The number of piperidine rings is 1. The molecule has 2 aliphatic rings. The van der Waals surface area contributed by atoms with Gasteiger partial charge in [0.15, 0.2) is 11.7 Å². The van der Waals surface area contributed by atoms with Gasteiger partial charge < -0.3 is 24.6 Å². The van der Waals surface area contributed by atoms with E-state index >= 15 is 0 Å². The number of likely N-dealkylation sites (tertiary alicyclic amines) is 1. The molecular weight excluding hydrogens is 503 g/mol. The summed E-state index contributed by atoms with van der Waals surface area (Å²) >= 11 is 1.76. The Morgan fingerprint density at radius 2 is 2.17 bits per heavy atom. The number of rotatable bonds is 6. The Kier molecular flexibility index (Phi) is 9.64. The van der Waals surface area contributed by atoms with E-state index in [0.29, 0.717) is 13.2 Å². The lowest BCUT2D eigenvalue weighted by Gasteiger charge is -2.41. The van der Waals surface area contributed by atoms with Crippen LogP contribution in [0, 0.1) is 5.92 Å². The number of aliphatic imine (C=N–C) groups is 1. The zero-order chi connectivity index (χ0) is 20.0. The highest BCUT2D eigenvalue weighted by Gasteiger charge is 2.42. The molecule has 29 heavy (non-hydrogen) atoms. The zero-order valence-corrected chi connectivity index (χ0v) is 20.7. The van der Waals surface area contributed by atoms with Gasteiger partial charge in [0.25, 0.3) is 0 Å². The summed E-state index contributed by atoms with van der Waals surface area (Å²) in [5.74, 6) is 0.580. The molecule has 0 radical (unpaired) electrons. The Bertz CT molecular complexity index is 663. The van der Waals surface area contributed by atoms with Crippen molar-refractivity contribution < 1.29 is 14.3 Å². The number of nitrogens with zero attached hydrogens (tertiary/aromatic N) is 3. The normalized spacial score (nSPS) is 21.6. The maximum Gasteiger partial charge on any atom is 0.243 e. The average molecular weight is 536 g/mol. The van der Waals surface area contributed by atoms with E-state index in [4.69, 9.17) is 9.47 Å². The van der Waals surface area contributed by atoms with Crippen molar-refractivity contribution in [2.75, 3.05) is 53.5 Å². The summed E-state index contributed by atoms with van der Waals surface area (Å²) in [4.78, 5) is 21.9. The van der Waals surface area contributed by atoms with E-state index in [9.17, 15) is 4.79 Å². The molecule has 0 saturated carbocycles. The number of nitrogens with one attached hydrogen (secondary N) is 1. The van der Waals surface area contributed by atoms with E-state index in [1.165, 1.54) is 4.88 Å². The topological polar surface area (TPSA) is 66.4 Å². The van der Waals surface area contributed by atoms with Crippen LogP contribution >= 0.6 is 35.3 Å². The van der Waals surface area contributed by atoms with Crippen LogP contribution in [0.5, 0.6) is 0 Å². The van der Waals surface area contributed by atoms with Crippen LogP contribution in [0.15, 0.2) is 22.5 Å². The van der Waals surface area contributed by atoms with Crippen LogP contribution in [0.25, 0.3) is 0 Å². The van der Waals surface area contributed by atoms with E-state index in [2.05, 4.69) is 32.7 Å². The molecular formula is C20H33IN4O3S. The highest BCUT2D eigenvalue weighted by Crippen LogP contribution is 2.34. The molecule has 0 aromatic carbocycles. The van der Waals surface area contributed by atoms with Crippen molar-refractivity contribution in [1.82, 2.24) is 15.1 Å². The predicted molar refractivity (Wildman–Crippen MR) is 127 cm³/mol. The first kappa shape index (κ1) is 24.4. The zero-order valence-electron chi connectivity index (χ0n) is 17.6. The Morgan fingerprint density at radius 1 is 1.41 bits per heavy atom. The number of amides is 1. The van der Waals surface area contributed by atoms with Crippen LogP contribution < -0.4 is 5.32 Å². The van der Waals surface area contributed by atoms with Gasteiger partial charge in [-0.15, -0.1) is 35.3 Å². The second-order valence-corrected chi connectivity index (χ2v) is 8.71. The number of likely N-dealkylation sites (N-methyl/N-ethyl adjacent to an activating group) is 1. The van der Waals surface area contributed by atoms with Gasteiger partial charge in [0.1, 0.15) is 6.54 Å². The summed E-state index contributed by atoms with van der Waals surface area (Å²) in [5, 5.41) is 5.57. The van der Waals surface area contributed by atoms with Crippen molar-refractivity contribution in [1.29, 1.82) is 0 Å². The van der Waals surface area contributed by atoms with Crippen molar-refractivity contribution in [3.05, 3.63) is 22.4 Å². The standard InChI is InChI=1S/C20H32N4O3S.HI/c1-20(26-11-12-27-20)16-6-4-10-24(15-16)19(22-14-18(25)23(2)3)21-9-8-17-7-5-13-28-17;/h5,7,13,16H,4,6,8-12,14-15H2,1-3H3,(H,21,22);1H. The largest absolute Gasteiger partial charge is 0.356 e. The molecule has 1 amide bonds. The minimum Gasteiger partial charge on any atom is -0.356 e. The molecule has 7 nitrogen and oxygen atoms in total. The summed E-state index contributed by atoms with van der Waals surface area (Å²) in [7, 11) is 3.52. The van der Waals surface area contributed by atoms with E-state index in [1.54, 1.807) is 30.3 Å². The van der Waals surface area contributed by atoms with Crippen LogP contribution in [-0.4, -0.2) is 80.9 Å². The van der Waals surface area contributed by atoms with E-state index < -0.39 is 5.79 Å². The highest BCUT2D eigenvalue weighted by molar-refractivity contribution is 14.0. The van der Waals surface area contributed by atoms with Gasteiger partial charge in [-0.05, 0) is 37.6 Å². The summed E-state index contributed by atoms with van der Waals surface area (Å²) in [6.07, 6.45) is 3.08. The first-order valence-electron chi connectivity index (χ1n) is 10.0. The molecule has 3 heterocycles. The van der Waals surface area contributed by atoms with E-state index in [0.717, 1.165) is 44.9 Å². The molecule has 0 aliphatic carbocycles. The van der Waals surface area contributed by atoms with Gasteiger partial charge in [0.2, 0.25) is 5.91 Å². The second kappa shape index (κ2) is 11.5. The smallest absolute Gasteiger partial charge is 0.243 e. The SMILES string of the molecule is CN(C)C(=O)CN=C(NCCc1cccs1)N1CCCC(C2(C)OCCO2)C1.I. The molecule has 0 bridgehead atoms. The van der Waals surface area contributed by atoms with Gasteiger partial charge in [0.05, 0.1) is 13.2 Å². The Morgan fingerprint density at radius 3 is 2.83 bits per heavy atom. The number of hydrogen-bond acceptors (Lipinski definition) is 5. The van der Waals surface area contributed by atoms with Crippen LogP contribution in [0.4, 0.5) is 0 Å². The molecule has 1 N–H and O–H groups in total. The number of carbonyl (C=O) groups is 1. The summed E-state index contributed by atoms with van der Waals surface area (Å²) in [6.45, 7) is 6.05. The number of hydrogen-bond donors (Lipinski definition) is 1. The van der Waals surface area contributed by atoms with Crippen LogP contribution in [-0.2, 0) is 20.7 Å². The first-order valence-corrected chi connectivity index (χ1v) is 10.9. The second-order valence-electron chi connectivity index (χ2n) is 7.68. The molecule has 2 fully saturated rings. The number of guanidine groups is 1. The average Bonchev–Trinajstić information content (AvgIpc) is 3.36. The lowest BCUT2D eigenvalue weighted by Crippen LogP contribution is -2.52. The fourth-order valence-corrected chi connectivity index (χ4v) is 4.38. The number of halogens is 1.